The van der Waals surface area contributed by atoms with Gasteiger partial charge in [0.2, 0.25) is 0 Å². The molecule has 1 aliphatic rings. The van der Waals surface area contributed by atoms with Crippen LogP contribution in [-0.4, -0.2) is 60.1 Å². The minimum atomic E-state index is -2.95. The summed E-state index contributed by atoms with van der Waals surface area (Å²) >= 11 is 0. The number of hydrogen-bond acceptors (Lipinski definition) is 5. The van der Waals surface area contributed by atoms with Gasteiger partial charge < -0.3 is 20.1 Å². The largest absolute Gasteiger partial charge is 0.394 e. The normalized spacial score (nSPS) is 27.3. The second-order valence-corrected chi connectivity index (χ2v) is 13.6. The summed E-state index contributed by atoms with van der Waals surface area (Å²) in [5.41, 5.74) is 8.55. The van der Waals surface area contributed by atoms with Gasteiger partial charge in [0, 0.05) is 4.91 Å². The van der Waals surface area contributed by atoms with Gasteiger partial charge in [0.1, 0.15) is 12.2 Å². The second-order valence-electron chi connectivity index (χ2n) is 8.74. The van der Waals surface area contributed by atoms with Gasteiger partial charge in [0.25, 0.3) is 0 Å². The topological polar surface area (TPSA) is 119 Å². The van der Waals surface area contributed by atoms with E-state index < -0.39 is 44.8 Å². The first-order chi connectivity index (χ1) is 14.3. The molecule has 2 aromatic rings. The summed E-state index contributed by atoms with van der Waals surface area (Å²) in [5.74, 6) is 0. The van der Waals surface area contributed by atoms with Crippen molar-refractivity contribution in [2.45, 2.75) is 55.9 Å². The molecule has 1 fully saturated rings. The Labute approximate surface area is 177 Å². The fourth-order valence-corrected chi connectivity index (χ4v) is 11.0. The molecule has 0 unspecified atom stereocenters. The van der Waals surface area contributed by atoms with Crippen LogP contribution in [-0.2, 0) is 4.74 Å². The van der Waals surface area contributed by atoms with Crippen LogP contribution in [0, 0.1) is 0 Å². The fraction of sp³-hybridized carbons (Fsp3) is 0.455. The zero-order valence-corrected chi connectivity index (χ0v) is 18.5. The van der Waals surface area contributed by atoms with Crippen molar-refractivity contribution in [3.63, 3.8) is 0 Å². The summed E-state index contributed by atoms with van der Waals surface area (Å²) in [4.78, 5) is 2.96. The van der Waals surface area contributed by atoms with Gasteiger partial charge in [-0.15, -0.1) is 0 Å². The van der Waals surface area contributed by atoms with Crippen LogP contribution >= 0.6 is 0 Å². The van der Waals surface area contributed by atoms with E-state index in [0.717, 1.165) is 10.4 Å². The molecule has 0 spiro atoms. The third kappa shape index (κ3) is 3.67. The van der Waals surface area contributed by atoms with Crippen LogP contribution in [0.2, 0.25) is 5.04 Å². The molecule has 2 aromatic carbocycles. The highest BCUT2D eigenvalue weighted by molar-refractivity contribution is 7.05. The molecule has 0 radical (unpaired) electrons. The maximum Gasteiger partial charge on any atom is 0.154 e. The summed E-state index contributed by atoms with van der Waals surface area (Å²) in [7, 11) is -2.95. The van der Waals surface area contributed by atoms with Crippen LogP contribution in [0.4, 0.5) is 0 Å². The van der Waals surface area contributed by atoms with Crippen molar-refractivity contribution in [1.82, 2.24) is 0 Å². The molecule has 3 N–H and O–H groups in total. The number of aliphatic hydroxyl groups is 3. The van der Waals surface area contributed by atoms with Crippen molar-refractivity contribution < 1.29 is 20.1 Å². The molecule has 0 aliphatic carbocycles. The standard InChI is InChI=1S/C22H29N3O4Si/c1-22(2,3)30(15-10-6-4-7-11-15,16-12-8-5-9-13-16)21-18(24-25-23)20(28)19(27)17(14-26)29-21/h4-13,17-21,26-28H,14H2,1-3H3/t17-,18-,19-,20-,21+/m1/s1. The van der Waals surface area contributed by atoms with Gasteiger partial charge in [0.05, 0.1) is 24.5 Å². The van der Waals surface area contributed by atoms with Crippen LogP contribution < -0.4 is 10.4 Å². The predicted octanol–water partition coefficient (Wildman–Crippen LogP) is 1.75. The molecule has 160 valence electrons. The maximum absolute atomic E-state index is 10.9. The molecule has 30 heavy (non-hydrogen) atoms. The first-order valence-electron chi connectivity index (χ1n) is 10.1. The van der Waals surface area contributed by atoms with Gasteiger partial charge in [-0.2, -0.15) is 0 Å². The molecule has 8 heteroatoms. The van der Waals surface area contributed by atoms with Crippen LogP contribution in [0.25, 0.3) is 10.4 Å². The van der Waals surface area contributed by atoms with Crippen LogP contribution in [0.5, 0.6) is 0 Å². The lowest BCUT2D eigenvalue weighted by atomic mass is 9.99. The number of benzene rings is 2. The van der Waals surface area contributed by atoms with E-state index >= 15 is 0 Å². The SMILES string of the molecule is CC(C)(C)[Si](c1ccccc1)(c1ccccc1)[C@@H]1O[C@H](CO)[C@@H](O)[C@H](O)[C@H]1N=[N+]=[N-]. The minimum absolute atomic E-state index is 0.328. The van der Waals surface area contributed by atoms with E-state index in [9.17, 15) is 20.9 Å². The number of aliphatic hydroxyl groups excluding tert-OH is 3. The Morgan fingerprint density at radius 3 is 1.87 bits per heavy atom. The highest BCUT2D eigenvalue weighted by atomic mass is 28.3. The molecule has 1 aliphatic heterocycles. The van der Waals surface area contributed by atoms with E-state index in [4.69, 9.17) is 4.74 Å². The van der Waals surface area contributed by atoms with Crippen molar-refractivity contribution in [3.05, 3.63) is 71.1 Å². The van der Waals surface area contributed by atoms with Crippen molar-refractivity contribution in [2.75, 3.05) is 6.61 Å². The Balaban J connectivity index is 2.37. The van der Waals surface area contributed by atoms with E-state index in [1.807, 2.05) is 60.7 Å². The van der Waals surface area contributed by atoms with E-state index in [1.165, 1.54) is 0 Å². The number of ether oxygens (including phenoxy) is 1. The average Bonchev–Trinajstić information content (AvgIpc) is 2.74. The Hall–Kier alpha value is -2.19. The van der Waals surface area contributed by atoms with Gasteiger partial charge in [-0.1, -0.05) is 96.9 Å². The van der Waals surface area contributed by atoms with E-state index in [0.29, 0.717) is 0 Å². The lowest BCUT2D eigenvalue weighted by Gasteiger charge is -2.54. The third-order valence-electron chi connectivity index (χ3n) is 6.15. The summed E-state index contributed by atoms with van der Waals surface area (Å²) in [6, 6.07) is 18.9. The highest BCUT2D eigenvalue weighted by Crippen LogP contribution is 2.43. The molecule has 1 saturated heterocycles. The molecule has 1 heterocycles. The zero-order chi connectivity index (χ0) is 21.9. The van der Waals surface area contributed by atoms with Gasteiger partial charge >= 0.3 is 0 Å². The molecule has 0 saturated carbocycles. The van der Waals surface area contributed by atoms with Crippen molar-refractivity contribution in [2.24, 2.45) is 5.11 Å². The smallest absolute Gasteiger partial charge is 0.154 e. The quantitative estimate of drug-likeness (QED) is 0.291. The molecule has 0 amide bonds. The van der Waals surface area contributed by atoms with Crippen LogP contribution in [0.15, 0.2) is 65.8 Å². The monoisotopic (exact) mass is 427 g/mol. The number of nitrogens with zero attached hydrogens (tertiary/aromatic N) is 3. The zero-order valence-electron chi connectivity index (χ0n) is 17.5. The number of hydrogen-bond donors (Lipinski definition) is 3. The number of azide groups is 1. The first kappa shape index (κ1) is 22.5. The predicted molar refractivity (Wildman–Crippen MR) is 118 cm³/mol. The molecule has 7 nitrogen and oxygen atoms in total. The Morgan fingerprint density at radius 2 is 1.47 bits per heavy atom. The van der Waals surface area contributed by atoms with Crippen molar-refractivity contribution in [1.29, 1.82) is 0 Å². The van der Waals surface area contributed by atoms with Crippen LogP contribution in [0.1, 0.15) is 20.8 Å². The Morgan fingerprint density at radius 1 is 0.967 bits per heavy atom. The first-order valence-corrected chi connectivity index (χ1v) is 12.1. The van der Waals surface area contributed by atoms with Crippen LogP contribution in [0.3, 0.4) is 0 Å². The average molecular weight is 428 g/mol. The Bertz CT molecular complexity index is 845. The van der Waals surface area contributed by atoms with Gasteiger partial charge in [-0.3, -0.25) is 0 Å². The van der Waals surface area contributed by atoms with Crippen molar-refractivity contribution >= 4 is 18.4 Å². The molecular formula is C22H29N3O4Si. The van der Waals surface area contributed by atoms with Gasteiger partial charge in [-0.05, 0) is 10.6 Å². The maximum atomic E-state index is 10.9. The molecule has 0 aromatic heterocycles. The summed E-state index contributed by atoms with van der Waals surface area (Å²) in [6.07, 6.45) is -3.67. The van der Waals surface area contributed by atoms with E-state index in [1.54, 1.807) is 0 Å². The number of rotatable bonds is 5. The lowest BCUT2D eigenvalue weighted by molar-refractivity contribution is -0.170. The molecule has 0 bridgehead atoms. The Kier molecular flexibility index (Phi) is 6.67. The summed E-state index contributed by atoms with van der Waals surface area (Å²) < 4.78 is 6.32. The molecule has 3 rings (SSSR count). The van der Waals surface area contributed by atoms with E-state index in [-0.39, 0.29) is 5.04 Å². The highest BCUT2D eigenvalue weighted by Gasteiger charge is 2.60. The van der Waals surface area contributed by atoms with Crippen molar-refractivity contribution in [3.8, 4) is 0 Å². The van der Waals surface area contributed by atoms with E-state index in [2.05, 4.69) is 30.8 Å². The second kappa shape index (κ2) is 8.89. The molecular weight excluding hydrogens is 398 g/mol. The van der Waals surface area contributed by atoms with Gasteiger partial charge in [-0.25, -0.2) is 0 Å². The summed E-state index contributed by atoms with van der Waals surface area (Å²) in [6.45, 7) is 5.93. The lowest BCUT2D eigenvalue weighted by Crippen LogP contribution is -2.78. The third-order valence-corrected chi connectivity index (χ3v) is 12.3. The summed E-state index contributed by atoms with van der Waals surface area (Å²) in [5, 5.41) is 36.9. The molecule has 5 atom stereocenters. The minimum Gasteiger partial charge on any atom is -0.394 e. The van der Waals surface area contributed by atoms with Gasteiger partial charge in [0.15, 0.2) is 8.07 Å². The fourth-order valence-electron chi connectivity index (χ4n) is 4.84.